The molecule has 2 heterocycles. The Bertz CT molecular complexity index is 1020. The van der Waals surface area contributed by atoms with Crippen LogP contribution in [-0.4, -0.2) is 48.3 Å². The van der Waals surface area contributed by atoms with E-state index in [1.165, 1.54) is 5.56 Å². The summed E-state index contributed by atoms with van der Waals surface area (Å²) in [7, 11) is 1.70. The van der Waals surface area contributed by atoms with Crippen molar-refractivity contribution in [2.75, 3.05) is 44.0 Å². The summed E-state index contributed by atoms with van der Waals surface area (Å²) >= 11 is 3.53. The molecule has 0 unspecified atom stereocenters. The topological polar surface area (TPSA) is 71.5 Å². The van der Waals surface area contributed by atoms with Gasteiger partial charge in [0.15, 0.2) is 0 Å². The van der Waals surface area contributed by atoms with Gasteiger partial charge in [-0.1, -0.05) is 17.7 Å². The van der Waals surface area contributed by atoms with E-state index in [1.807, 2.05) is 24.3 Å². The molecular weight excluding hydrogens is 458 g/mol. The summed E-state index contributed by atoms with van der Waals surface area (Å²) in [6, 6.07) is 14.2. The van der Waals surface area contributed by atoms with Gasteiger partial charge in [0.05, 0.1) is 24.8 Å². The van der Waals surface area contributed by atoms with Gasteiger partial charge in [-0.15, -0.1) is 0 Å². The molecule has 8 heteroatoms. The highest BCUT2D eigenvalue weighted by Crippen LogP contribution is 2.28. The zero-order chi connectivity index (χ0) is 21.6. The zero-order valence-corrected chi connectivity index (χ0v) is 19.3. The van der Waals surface area contributed by atoms with E-state index in [0.717, 1.165) is 60.0 Å². The van der Waals surface area contributed by atoms with Crippen LogP contribution in [0.5, 0.6) is 5.75 Å². The van der Waals surface area contributed by atoms with Crippen molar-refractivity contribution in [3.63, 3.8) is 0 Å². The Balaban J connectivity index is 1.51. The summed E-state index contributed by atoms with van der Waals surface area (Å²) in [5, 5.41) is 6.65. The van der Waals surface area contributed by atoms with Gasteiger partial charge in [-0.2, -0.15) is 4.98 Å². The maximum atomic E-state index is 5.57. The minimum atomic E-state index is 0.514. The number of anilines is 4. The van der Waals surface area contributed by atoms with Gasteiger partial charge < -0.3 is 20.1 Å². The van der Waals surface area contributed by atoms with Crippen LogP contribution in [0.3, 0.4) is 0 Å². The van der Waals surface area contributed by atoms with Gasteiger partial charge in [-0.3, -0.25) is 4.90 Å². The second-order valence-corrected chi connectivity index (χ2v) is 8.28. The minimum Gasteiger partial charge on any atom is -0.496 e. The molecule has 2 aromatic carbocycles. The van der Waals surface area contributed by atoms with Crippen molar-refractivity contribution in [2.24, 2.45) is 0 Å². The zero-order valence-electron chi connectivity index (χ0n) is 17.7. The van der Waals surface area contributed by atoms with Crippen molar-refractivity contribution >= 4 is 39.1 Å². The van der Waals surface area contributed by atoms with Gasteiger partial charge >= 0.3 is 0 Å². The van der Waals surface area contributed by atoms with Crippen molar-refractivity contribution in [3.05, 3.63) is 64.3 Å². The number of halogens is 1. The summed E-state index contributed by atoms with van der Waals surface area (Å²) in [6.45, 7) is 6.25. The number of ether oxygens (including phenoxy) is 2. The van der Waals surface area contributed by atoms with Crippen molar-refractivity contribution in [1.82, 2.24) is 14.9 Å². The number of morpholine rings is 1. The molecule has 2 N–H and O–H groups in total. The van der Waals surface area contributed by atoms with Gasteiger partial charge in [-0.25, -0.2) is 4.98 Å². The fourth-order valence-electron chi connectivity index (χ4n) is 3.40. The van der Waals surface area contributed by atoms with Crippen LogP contribution >= 0.6 is 15.9 Å². The second kappa shape index (κ2) is 10.1. The molecule has 0 aliphatic carbocycles. The number of aryl methyl sites for hydroxylation is 1. The predicted octanol–water partition coefficient (Wildman–Crippen LogP) is 4.88. The second-order valence-electron chi connectivity index (χ2n) is 7.42. The Morgan fingerprint density at radius 3 is 2.55 bits per heavy atom. The Kier molecular flexibility index (Phi) is 7.01. The molecule has 7 nitrogen and oxygen atoms in total. The van der Waals surface area contributed by atoms with Crippen molar-refractivity contribution in [2.45, 2.75) is 13.5 Å². The van der Waals surface area contributed by atoms with Crippen LogP contribution in [0.1, 0.15) is 11.1 Å². The molecule has 31 heavy (non-hydrogen) atoms. The summed E-state index contributed by atoms with van der Waals surface area (Å²) in [6.07, 6.45) is 1.74. The van der Waals surface area contributed by atoms with Gasteiger partial charge in [0.2, 0.25) is 5.95 Å². The molecule has 1 saturated heterocycles. The molecule has 0 radical (unpaired) electrons. The first-order valence-corrected chi connectivity index (χ1v) is 11.0. The van der Waals surface area contributed by atoms with Crippen LogP contribution in [0.2, 0.25) is 0 Å². The molecule has 1 aromatic heterocycles. The van der Waals surface area contributed by atoms with Gasteiger partial charge in [0.25, 0.3) is 0 Å². The quantitative estimate of drug-likeness (QED) is 0.496. The summed E-state index contributed by atoms with van der Waals surface area (Å²) in [4.78, 5) is 11.4. The molecular formula is C23H26BrN5O2. The maximum Gasteiger partial charge on any atom is 0.229 e. The van der Waals surface area contributed by atoms with E-state index in [4.69, 9.17) is 9.47 Å². The molecule has 0 amide bonds. The average Bonchev–Trinajstić information content (AvgIpc) is 2.78. The van der Waals surface area contributed by atoms with Gasteiger partial charge in [0.1, 0.15) is 11.6 Å². The lowest BCUT2D eigenvalue weighted by atomic mass is 10.1. The van der Waals surface area contributed by atoms with E-state index in [9.17, 15) is 0 Å². The Morgan fingerprint density at radius 2 is 1.81 bits per heavy atom. The largest absolute Gasteiger partial charge is 0.496 e. The Labute approximate surface area is 190 Å². The highest BCUT2D eigenvalue weighted by atomic mass is 79.9. The van der Waals surface area contributed by atoms with Crippen molar-refractivity contribution in [3.8, 4) is 5.75 Å². The lowest BCUT2D eigenvalue weighted by Gasteiger charge is -2.27. The Hall–Kier alpha value is -2.68. The first-order valence-electron chi connectivity index (χ1n) is 10.2. The molecule has 1 aliphatic rings. The van der Waals surface area contributed by atoms with E-state index in [2.05, 4.69) is 66.6 Å². The summed E-state index contributed by atoms with van der Waals surface area (Å²) < 4.78 is 11.8. The number of hydrogen-bond acceptors (Lipinski definition) is 7. The first-order chi connectivity index (χ1) is 15.1. The fourth-order valence-corrected chi connectivity index (χ4v) is 3.69. The third-order valence-electron chi connectivity index (χ3n) is 5.09. The number of aromatic nitrogens is 2. The normalized spacial score (nSPS) is 14.3. The molecule has 4 rings (SSSR count). The molecule has 1 aliphatic heterocycles. The highest BCUT2D eigenvalue weighted by molar-refractivity contribution is 9.10. The van der Waals surface area contributed by atoms with Crippen LogP contribution in [-0.2, 0) is 11.3 Å². The third kappa shape index (κ3) is 5.72. The fraction of sp³-hybridized carbons (Fsp3) is 0.304. The molecule has 0 saturated carbocycles. The molecule has 162 valence electrons. The van der Waals surface area contributed by atoms with Crippen LogP contribution in [0.25, 0.3) is 0 Å². The number of benzene rings is 2. The monoisotopic (exact) mass is 483 g/mol. The predicted molar refractivity (Wildman–Crippen MR) is 127 cm³/mol. The lowest BCUT2D eigenvalue weighted by Crippen LogP contribution is -2.35. The molecule has 3 aromatic rings. The third-order valence-corrected chi connectivity index (χ3v) is 5.67. The standard InChI is InChI=1S/C23H26BrN5O2/c1-16-3-5-18(6-4-16)26-22-20(24)14-25-23(28-22)27-19-7-8-21(30-2)17(13-19)15-29-9-11-31-12-10-29/h3-8,13-14H,9-12,15H2,1-2H3,(H2,25,26,27,28). The minimum absolute atomic E-state index is 0.514. The lowest BCUT2D eigenvalue weighted by molar-refractivity contribution is 0.0339. The van der Waals surface area contributed by atoms with E-state index < -0.39 is 0 Å². The first kappa shape index (κ1) is 21.5. The van der Waals surface area contributed by atoms with Crippen LogP contribution < -0.4 is 15.4 Å². The number of nitrogens with zero attached hydrogens (tertiary/aromatic N) is 3. The molecule has 0 atom stereocenters. The molecule has 0 bridgehead atoms. The molecule has 1 fully saturated rings. The number of methoxy groups -OCH3 is 1. The highest BCUT2D eigenvalue weighted by Gasteiger charge is 2.14. The number of hydrogen-bond donors (Lipinski definition) is 2. The van der Waals surface area contributed by atoms with E-state index in [0.29, 0.717) is 11.8 Å². The number of nitrogens with one attached hydrogen (secondary N) is 2. The van der Waals surface area contributed by atoms with E-state index in [-0.39, 0.29) is 0 Å². The number of rotatable bonds is 7. The van der Waals surface area contributed by atoms with Crippen LogP contribution in [0.15, 0.2) is 53.1 Å². The van der Waals surface area contributed by atoms with Gasteiger partial charge in [0, 0.05) is 42.8 Å². The molecule has 0 spiro atoms. The smallest absolute Gasteiger partial charge is 0.229 e. The summed E-state index contributed by atoms with van der Waals surface area (Å²) in [5.74, 6) is 2.08. The summed E-state index contributed by atoms with van der Waals surface area (Å²) in [5.41, 5.74) is 4.20. The maximum absolute atomic E-state index is 5.57. The van der Waals surface area contributed by atoms with E-state index in [1.54, 1.807) is 13.3 Å². The van der Waals surface area contributed by atoms with Crippen LogP contribution in [0.4, 0.5) is 23.1 Å². The average molecular weight is 484 g/mol. The van der Waals surface area contributed by atoms with E-state index >= 15 is 0 Å². The van der Waals surface area contributed by atoms with Crippen molar-refractivity contribution in [1.29, 1.82) is 0 Å². The van der Waals surface area contributed by atoms with Crippen molar-refractivity contribution < 1.29 is 9.47 Å². The SMILES string of the molecule is COc1ccc(Nc2ncc(Br)c(Nc3ccc(C)cc3)n2)cc1CN1CCOCC1. The Morgan fingerprint density at radius 1 is 1.06 bits per heavy atom. The van der Waals surface area contributed by atoms with Crippen LogP contribution in [0, 0.1) is 6.92 Å². The van der Waals surface area contributed by atoms with Gasteiger partial charge in [-0.05, 0) is 53.2 Å².